The molecule has 0 aliphatic carbocycles. The SMILES string of the molecule is CC(=O)c1c(C)[nH]c(C(=O)N2CCCC2C(=O)O)c1C. The van der Waals surface area contributed by atoms with Gasteiger partial charge in [0.2, 0.25) is 0 Å². The Morgan fingerprint density at radius 2 is 1.95 bits per heavy atom. The van der Waals surface area contributed by atoms with Crippen LogP contribution in [0, 0.1) is 13.8 Å². The van der Waals surface area contributed by atoms with Crippen LogP contribution in [0.2, 0.25) is 0 Å². The summed E-state index contributed by atoms with van der Waals surface area (Å²) in [4.78, 5) is 39.5. The first-order valence-electron chi connectivity index (χ1n) is 6.58. The average molecular weight is 278 g/mol. The minimum Gasteiger partial charge on any atom is -0.480 e. The van der Waals surface area contributed by atoms with E-state index in [1.165, 1.54) is 11.8 Å². The number of H-pyrrole nitrogens is 1. The molecule has 0 saturated carbocycles. The van der Waals surface area contributed by atoms with Gasteiger partial charge in [-0.2, -0.15) is 0 Å². The molecule has 1 atom stereocenters. The van der Waals surface area contributed by atoms with E-state index in [0.717, 1.165) is 0 Å². The molecule has 6 nitrogen and oxygen atoms in total. The van der Waals surface area contributed by atoms with E-state index in [2.05, 4.69) is 4.98 Å². The van der Waals surface area contributed by atoms with Crippen molar-refractivity contribution >= 4 is 17.7 Å². The molecule has 1 aromatic heterocycles. The summed E-state index contributed by atoms with van der Waals surface area (Å²) in [6.07, 6.45) is 1.15. The fourth-order valence-corrected chi connectivity index (χ4v) is 2.90. The van der Waals surface area contributed by atoms with Crippen molar-refractivity contribution in [3.8, 4) is 0 Å². The van der Waals surface area contributed by atoms with Crippen LogP contribution in [0.3, 0.4) is 0 Å². The first kappa shape index (κ1) is 14.3. The van der Waals surface area contributed by atoms with E-state index in [1.807, 2.05) is 0 Å². The van der Waals surface area contributed by atoms with Gasteiger partial charge in [0.1, 0.15) is 11.7 Å². The molecule has 1 unspecified atom stereocenters. The number of aromatic nitrogens is 1. The lowest BCUT2D eigenvalue weighted by atomic mass is 10.1. The van der Waals surface area contributed by atoms with Crippen LogP contribution in [-0.4, -0.2) is 45.2 Å². The second kappa shape index (κ2) is 5.11. The molecule has 2 heterocycles. The minimum absolute atomic E-state index is 0.105. The third-order valence-electron chi connectivity index (χ3n) is 3.80. The maximum atomic E-state index is 12.5. The molecular weight excluding hydrogens is 260 g/mol. The van der Waals surface area contributed by atoms with Gasteiger partial charge in [0.25, 0.3) is 5.91 Å². The number of aromatic amines is 1. The zero-order valence-electron chi connectivity index (χ0n) is 11.8. The van der Waals surface area contributed by atoms with Crippen LogP contribution < -0.4 is 0 Å². The summed E-state index contributed by atoms with van der Waals surface area (Å²) in [6, 6.07) is -0.772. The highest BCUT2D eigenvalue weighted by molar-refractivity contribution is 6.03. The first-order chi connectivity index (χ1) is 9.34. The number of amides is 1. The van der Waals surface area contributed by atoms with Gasteiger partial charge >= 0.3 is 5.97 Å². The zero-order chi connectivity index (χ0) is 15.0. The van der Waals surface area contributed by atoms with Crippen molar-refractivity contribution < 1.29 is 19.5 Å². The Morgan fingerprint density at radius 1 is 1.30 bits per heavy atom. The van der Waals surface area contributed by atoms with E-state index in [0.29, 0.717) is 41.9 Å². The molecule has 1 aliphatic heterocycles. The topological polar surface area (TPSA) is 90.5 Å². The monoisotopic (exact) mass is 278 g/mol. The van der Waals surface area contributed by atoms with Crippen molar-refractivity contribution in [1.82, 2.24) is 9.88 Å². The predicted octanol–water partition coefficient (Wildman–Crippen LogP) is 1.52. The van der Waals surface area contributed by atoms with E-state index in [9.17, 15) is 14.4 Å². The van der Waals surface area contributed by atoms with Crippen LogP contribution in [0.5, 0.6) is 0 Å². The number of carboxylic acid groups (broad SMARTS) is 1. The van der Waals surface area contributed by atoms with Crippen LogP contribution >= 0.6 is 0 Å². The molecule has 2 N–H and O–H groups in total. The lowest BCUT2D eigenvalue weighted by Gasteiger charge is -2.21. The van der Waals surface area contributed by atoms with Gasteiger partial charge in [0.05, 0.1) is 0 Å². The lowest BCUT2D eigenvalue weighted by molar-refractivity contribution is -0.141. The van der Waals surface area contributed by atoms with Crippen molar-refractivity contribution in [2.45, 2.75) is 39.7 Å². The lowest BCUT2D eigenvalue weighted by Crippen LogP contribution is -2.40. The smallest absolute Gasteiger partial charge is 0.326 e. The largest absolute Gasteiger partial charge is 0.480 e. The van der Waals surface area contributed by atoms with Gasteiger partial charge in [-0.25, -0.2) is 4.79 Å². The maximum Gasteiger partial charge on any atom is 0.326 e. The summed E-state index contributed by atoms with van der Waals surface area (Å²) in [5.74, 6) is -1.43. The van der Waals surface area contributed by atoms with Crippen LogP contribution in [0.1, 0.15) is 51.9 Å². The number of likely N-dealkylation sites (tertiary alicyclic amines) is 1. The Kier molecular flexibility index (Phi) is 3.65. The van der Waals surface area contributed by atoms with Gasteiger partial charge in [-0.05, 0) is 39.2 Å². The minimum atomic E-state index is -0.983. The quantitative estimate of drug-likeness (QED) is 0.820. The van der Waals surface area contributed by atoms with Gasteiger partial charge in [-0.15, -0.1) is 0 Å². The number of aryl methyl sites for hydroxylation is 1. The van der Waals surface area contributed by atoms with Crippen LogP contribution in [0.25, 0.3) is 0 Å². The molecular formula is C14H18N2O4. The van der Waals surface area contributed by atoms with Crippen molar-refractivity contribution in [3.63, 3.8) is 0 Å². The summed E-state index contributed by atoms with van der Waals surface area (Å²) >= 11 is 0. The summed E-state index contributed by atoms with van der Waals surface area (Å²) in [7, 11) is 0. The van der Waals surface area contributed by atoms with Gasteiger partial charge in [0.15, 0.2) is 5.78 Å². The standard InChI is InChI=1S/C14H18N2O4/c1-7-11(9(3)17)8(2)15-12(7)13(18)16-6-4-5-10(16)14(19)20/h10,15H,4-6H2,1-3H3,(H,19,20). The Balaban J connectivity index is 2.37. The zero-order valence-corrected chi connectivity index (χ0v) is 11.8. The van der Waals surface area contributed by atoms with Gasteiger partial charge in [-0.3, -0.25) is 9.59 Å². The molecule has 108 valence electrons. The van der Waals surface area contributed by atoms with E-state index < -0.39 is 12.0 Å². The molecule has 6 heteroatoms. The Bertz CT molecular complexity index is 588. The number of nitrogens with one attached hydrogen (secondary N) is 1. The molecule has 0 radical (unpaired) electrons. The van der Waals surface area contributed by atoms with Crippen molar-refractivity contribution in [3.05, 3.63) is 22.5 Å². The Labute approximate surface area is 116 Å². The number of carbonyl (C=O) groups is 3. The average Bonchev–Trinajstić information content (AvgIpc) is 2.93. The highest BCUT2D eigenvalue weighted by atomic mass is 16.4. The molecule has 0 bridgehead atoms. The Hall–Kier alpha value is -2.11. The summed E-state index contributed by atoms with van der Waals surface area (Å²) in [6.45, 7) is 5.33. The van der Waals surface area contributed by atoms with E-state index in [1.54, 1.807) is 13.8 Å². The molecule has 0 spiro atoms. The molecule has 2 rings (SSSR count). The molecule has 1 aromatic rings. The molecule has 20 heavy (non-hydrogen) atoms. The van der Waals surface area contributed by atoms with E-state index in [4.69, 9.17) is 5.11 Å². The highest BCUT2D eigenvalue weighted by Crippen LogP contribution is 2.24. The van der Waals surface area contributed by atoms with Crippen LogP contribution in [0.4, 0.5) is 0 Å². The van der Waals surface area contributed by atoms with Crippen LogP contribution in [0.15, 0.2) is 0 Å². The Morgan fingerprint density at radius 3 is 2.45 bits per heavy atom. The second-order valence-corrected chi connectivity index (χ2v) is 5.18. The van der Waals surface area contributed by atoms with Crippen molar-refractivity contribution in [2.75, 3.05) is 6.54 Å². The number of carboxylic acids is 1. The van der Waals surface area contributed by atoms with Gasteiger partial charge in [0, 0.05) is 17.8 Å². The number of hydrogen-bond acceptors (Lipinski definition) is 3. The molecule has 1 aliphatic rings. The van der Waals surface area contributed by atoms with E-state index in [-0.39, 0.29) is 11.7 Å². The van der Waals surface area contributed by atoms with E-state index >= 15 is 0 Å². The molecule has 0 aromatic carbocycles. The number of ketones is 1. The van der Waals surface area contributed by atoms with Gasteiger partial charge < -0.3 is 15.0 Å². The number of nitrogens with zero attached hydrogens (tertiary/aromatic N) is 1. The van der Waals surface area contributed by atoms with Crippen LogP contribution in [-0.2, 0) is 4.79 Å². The third kappa shape index (κ3) is 2.21. The maximum absolute atomic E-state index is 12.5. The third-order valence-corrected chi connectivity index (χ3v) is 3.80. The van der Waals surface area contributed by atoms with Crippen molar-refractivity contribution in [1.29, 1.82) is 0 Å². The molecule has 1 fully saturated rings. The first-order valence-corrected chi connectivity index (χ1v) is 6.58. The summed E-state index contributed by atoms with van der Waals surface area (Å²) in [5, 5.41) is 9.14. The van der Waals surface area contributed by atoms with Gasteiger partial charge in [-0.1, -0.05) is 0 Å². The number of aliphatic carboxylic acids is 1. The molecule has 1 amide bonds. The van der Waals surface area contributed by atoms with Crippen molar-refractivity contribution in [2.24, 2.45) is 0 Å². The molecule has 1 saturated heterocycles. The second-order valence-electron chi connectivity index (χ2n) is 5.18. The normalized spacial score (nSPS) is 18.4. The fraction of sp³-hybridized carbons (Fsp3) is 0.500. The summed E-state index contributed by atoms with van der Waals surface area (Å²) in [5.41, 5.74) is 2.07. The number of rotatable bonds is 3. The predicted molar refractivity (Wildman–Crippen MR) is 72.0 cm³/mol. The fourth-order valence-electron chi connectivity index (χ4n) is 2.90. The highest BCUT2D eigenvalue weighted by Gasteiger charge is 2.36. The number of hydrogen-bond donors (Lipinski definition) is 2. The number of Topliss-reactive ketones (excluding diaryl/α,β-unsaturated/α-hetero) is 1. The number of carbonyl (C=O) groups excluding carboxylic acids is 2. The summed E-state index contributed by atoms with van der Waals surface area (Å²) < 4.78 is 0.